The fourth-order valence-electron chi connectivity index (χ4n) is 0.854. The Bertz CT molecular complexity index is 384. The minimum Gasteiger partial charge on any atom is -0.488 e. The van der Waals surface area contributed by atoms with Crippen molar-refractivity contribution in [2.24, 2.45) is 5.73 Å². The third-order valence-electron chi connectivity index (χ3n) is 1.70. The highest BCUT2D eigenvalue weighted by Crippen LogP contribution is 2.30. The molecule has 1 aromatic carbocycles. The van der Waals surface area contributed by atoms with Crippen LogP contribution < -0.4 is 10.5 Å². The smallest absolute Gasteiger partial charge is 0.145 e. The molecule has 2 N–H and O–H groups in total. The maximum absolute atomic E-state index is 13.1. The van der Waals surface area contributed by atoms with E-state index < -0.39 is 5.82 Å². The van der Waals surface area contributed by atoms with Gasteiger partial charge in [-0.2, -0.15) is 0 Å². The summed E-state index contributed by atoms with van der Waals surface area (Å²) in [6.45, 7) is 4.27. The molecule has 0 bridgehead atoms. The number of rotatable bonds is 4. The van der Waals surface area contributed by atoms with Crippen molar-refractivity contribution in [3.05, 3.63) is 39.6 Å². The summed E-state index contributed by atoms with van der Waals surface area (Å²) in [4.78, 5) is 0. The van der Waals surface area contributed by atoms with E-state index in [9.17, 15) is 4.39 Å². The summed E-state index contributed by atoms with van der Waals surface area (Å²) in [6, 6.07) is 2.66. The zero-order chi connectivity index (χ0) is 11.4. The first-order chi connectivity index (χ1) is 7.04. The lowest BCUT2D eigenvalue weighted by Crippen LogP contribution is -2.10. The Labute approximate surface area is 101 Å². The molecule has 0 atom stereocenters. The Balaban J connectivity index is 2.77. The van der Waals surface area contributed by atoms with Crippen molar-refractivity contribution in [2.75, 3.05) is 13.2 Å². The first kappa shape index (κ1) is 12.5. The van der Waals surface area contributed by atoms with Gasteiger partial charge in [0.2, 0.25) is 0 Å². The molecule has 0 radical (unpaired) electrons. The van der Waals surface area contributed by atoms with E-state index in [2.05, 4.69) is 22.5 Å². The Morgan fingerprint density at radius 2 is 2.27 bits per heavy atom. The van der Waals surface area contributed by atoms with Gasteiger partial charge in [0.05, 0.1) is 9.50 Å². The van der Waals surface area contributed by atoms with Crippen LogP contribution in [0.15, 0.2) is 28.8 Å². The lowest BCUT2D eigenvalue weighted by molar-refractivity contribution is 0.346. The van der Waals surface area contributed by atoms with Crippen LogP contribution >= 0.6 is 27.5 Å². The molecule has 0 saturated heterocycles. The summed E-state index contributed by atoms with van der Waals surface area (Å²) >= 11 is 8.79. The monoisotopic (exact) mass is 293 g/mol. The second kappa shape index (κ2) is 5.49. The van der Waals surface area contributed by atoms with Crippen molar-refractivity contribution < 1.29 is 9.13 Å². The van der Waals surface area contributed by atoms with E-state index in [1.54, 1.807) is 0 Å². The number of halogens is 3. The van der Waals surface area contributed by atoms with Crippen LogP contribution in [0.25, 0.3) is 0 Å². The number of benzene rings is 1. The van der Waals surface area contributed by atoms with Gasteiger partial charge in [0.15, 0.2) is 0 Å². The molecule has 0 aliphatic carbocycles. The van der Waals surface area contributed by atoms with Gasteiger partial charge in [0.1, 0.15) is 18.2 Å². The second-order valence-electron chi connectivity index (χ2n) is 2.94. The molecular weight excluding hydrogens is 284 g/mol. The SMILES string of the molecule is C=C(CN)COc1cc(F)c(Cl)cc1Br. The third-order valence-corrected chi connectivity index (χ3v) is 2.60. The van der Waals surface area contributed by atoms with Crippen molar-refractivity contribution in [3.8, 4) is 5.75 Å². The normalized spacial score (nSPS) is 10.1. The first-order valence-corrected chi connectivity index (χ1v) is 5.35. The predicted octanol–water partition coefficient (Wildman–Crippen LogP) is 3.14. The van der Waals surface area contributed by atoms with Crippen LogP contribution in [-0.4, -0.2) is 13.2 Å². The molecule has 1 rings (SSSR count). The van der Waals surface area contributed by atoms with Crippen molar-refractivity contribution in [1.82, 2.24) is 0 Å². The number of hydrogen-bond donors (Lipinski definition) is 1. The standard InChI is InChI=1S/C10H10BrClFNO/c1-6(4-14)5-15-10-3-9(13)8(12)2-7(10)11/h2-3H,1,4-5,14H2. The number of ether oxygens (including phenoxy) is 1. The molecule has 15 heavy (non-hydrogen) atoms. The number of nitrogens with two attached hydrogens (primary N) is 1. The van der Waals surface area contributed by atoms with Crippen molar-refractivity contribution >= 4 is 27.5 Å². The molecule has 5 heteroatoms. The molecule has 0 fully saturated rings. The van der Waals surface area contributed by atoms with E-state index >= 15 is 0 Å². The molecule has 82 valence electrons. The maximum atomic E-state index is 13.1. The van der Waals surface area contributed by atoms with Gasteiger partial charge in [-0.1, -0.05) is 18.2 Å². The average molecular weight is 295 g/mol. The van der Waals surface area contributed by atoms with E-state index in [1.165, 1.54) is 12.1 Å². The van der Waals surface area contributed by atoms with Gasteiger partial charge in [-0.25, -0.2) is 4.39 Å². The quantitative estimate of drug-likeness (QED) is 0.684. The molecular formula is C10H10BrClFNO. The molecule has 0 aliphatic rings. The van der Waals surface area contributed by atoms with Gasteiger partial charge in [-0.15, -0.1) is 0 Å². The molecule has 0 aliphatic heterocycles. The Kier molecular flexibility index (Phi) is 4.57. The van der Waals surface area contributed by atoms with Gasteiger partial charge in [-0.3, -0.25) is 0 Å². The largest absolute Gasteiger partial charge is 0.488 e. The summed E-state index contributed by atoms with van der Waals surface area (Å²) in [5, 5.41) is 0.0480. The highest BCUT2D eigenvalue weighted by molar-refractivity contribution is 9.10. The lowest BCUT2D eigenvalue weighted by Gasteiger charge is -2.09. The van der Waals surface area contributed by atoms with E-state index in [-0.39, 0.29) is 11.6 Å². The zero-order valence-corrected chi connectivity index (χ0v) is 10.2. The predicted molar refractivity (Wildman–Crippen MR) is 62.8 cm³/mol. The molecule has 1 aromatic rings. The van der Waals surface area contributed by atoms with Gasteiger partial charge < -0.3 is 10.5 Å². The third kappa shape index (κ3) is 3.48. The zero-order valence-electron chi connectivity index (χ0n) is 7.90. The number of hydrogen-bond acceptors (Lipinski definition) is 2. The first-order valence-electron chi connectivity index (χ1n) is 4.18. The summed E-state index contributed by atoms with van der Waals surface area (Å²) in [5.74, 6) is -0.139. The van der Waals surface area contributed by atoms with E-state index in [1.807, 2.05) is 0 Å². The van der Waals surface area contributed by atoms with Crippen LogP contribution in [0.4, 0.5) is 4.39 Å². The van der Waals surface area contributed by atoms with Crippen LogP contribution in [0.3, 0.4) is 0 Å². The molecule has 0 amide bonds. The molecule has 0 saturated carbocycles. The van der Waals surface area contributed by atoms with Crippen molar-refractivity contribution in [2.45, 2.75) is 0 Å². The van der Waals surface area contributed by atoms with Gasteiger partial charge >= 0.3 is 0 Å². The van der Waals surface area contributed by atoms with Crippen LogP contribution in [0.5, 0.6) is 5.75 Å². The second-order valence-corrected chi connectivity index (χ2v) is 4.20. The van der Waals surface area contributed by atoms with E-state index in [4.69, 9.17) is 22.1 Å². The van der Waals surface area contributed by atoms with Crippen molar-refractivity contribution in [3.63, 3.8) is 0 Å². The molecule has 0 unspecified atom stereocenters. The molecule has 0 spiro atoms. The maximum Gasteiger partial charge on any atom is 0.145 e. The Morgan fingerprint density at radius 3 is 2.87 bits per heavy atom. The minimum atomic E-state index is -0.520. The topological polar surface area (TPSA) is 35.2 Å². The van der Waals surface area contributed by atoms with Gasteiger partial charge in [0.25, 0.3) is 0 Å². The van der Waals surface area contributed by atoms with E-state index in [0.717, 1.165) is 5.57 Å². The van der Waals surface area contributed by atoms with Crippen LogP contribution in [0.1, 0.15) is 0 Å². The minimum absolute atomic E-state index is 0.0480. The lowest BCUT2D eigenvalue weighted by atomic mass is 10.3. The van der Waals surface area contributed by atoms with Gasteiger partial charge in [-0.05, 0) is 27.6 Å². The molecule has 0 heterocycles. The molecule has 0 aromatic heterocycles. The van der Waals surface area contributed by atoms with Crippen LogP contribution in [-0.2, 0) is 0 Å². The van der Waals surface area contributed by atoms with E-state index in [0.29, 0.717) is 16.8 Å². The summed E-state index contributed by atoms with van der Waals surface area (Å²) in [6.07, 6.45) is 0. The summed E-state index contributed by atoms with van der Waals surface area (Å²) in [5.41, 5.74) is 6.08. The fraction of sp³-hybridized carbons (Fsp3) is 0.200. The van der Waals surface area contributed by atoms with Crippen molar-refractivity contribution in [1.29, 1.82) is 0 Å². The Hall–Kier alpha value is -0.580. The highest BCUT2D eigenvalue weighted by Gasteiger charge is 2.07. The van der Waals surface area contributed by atoms with Gasteiger partial charge in [0, 0.05) is 12.6 Å². The van der Waals surface area contributed by atoms with Crippen LogP contribution in [0.2, 0.25) is 5.02 Å². The summed E-state index contributed by atoms with van der Waals surface area (Å²) < 4.78 is 19.0. The highest BCUT2D eigenvalue weighted by atomic mass is 79.9. The summed E-state index contributed by atoms with van der Waals surface area (Å²) in [7, 11) is 0. The fourth-order valence-corrected chi connectivity index (χ4v) is 1.61. The Morgan fingerprint density at radius 1 is 1.60 bits per heavy atom. The molecule has 2 nitrogen and oxygen atoms in total. The average Bonchev–Trinajstić information content (AvgIpc) is 2.21. The van der Waals surface area contributed by atoms with Crippen LogP contribution in [0, 0.1) is 5.82 Å².